The van der Waals surface area contributed by atoms with E-state index < -0.39 is 0 Å². The molecule has 1 nitrogen and oxygen atoms in total. The first-order chi connectivity index (χ1) is 6.38. The lowest BCUT2D eigenvalue weighted by atomic mass is 9.82. The van der Waals surface area contributed by atoms with Crippen molar-refractivity contribution in [3.8, 4) is 0 Å². The van der Waals surface area contributed by atoms with E-state index >= 15 is 0 Å². The SMILES string of the molecule is CCCNC1CCCCC1CCC. The average molecular weight is 183 g/mol. The van der Waals surface area contributed by atoms with E-state index in [4.69, 9.17) is 0 Å². The van der Waals surface area contributed by atoms with Crippen LogP contribution in [0.15, 0.2) is 0 Å². The fourth-order valence-electron chi connectivity index (χ4n) is 2.52. The van der Waals surface area contributed by atoms with Crippen molar-refractivity contribution in [1.82, 2.24) is 5.32 Å². The van der Waals surface area contributed by atoms with Gasteiger partial charge in [0.1, 0.15) is 0 Å². The second-order valence-electron chi connectivity index (χ2n) is 4.39. The summed E-state index contributed by atoms with van der Waals surface area (Å²) >= 11 is 0. The molecule has 0 spiro atoms. The fraction of sp³-hybridized carbons (Fsp3) is 1.00. The van der Waals surface area contributed by atoms with E-state index in [1.54, 1.807) is 0 Å². The zero-order chi connectivity index (χ0) is 9.52. The molecule has 1 aliphatic carbocycles. The van der Waals surface area contributed by atoms with Gasteiger partial charge in [0.2, 0.25) is 0 Å². The van der Waals surface area contributed by atoms with Crippen LogP contribution in [-0.2, 0) is 0 Å². The highest BCUT2D eigenvalue weighted by Gasteiger charge is 2.23. The molecular weight excluding hydrogens is 158 g/mol. The minimum absolute atomic E-state index is 0.841. The molecule has 0 aromatic carbocycles. The summed E-state index contributed by atoms with van der Waals surface area (Å²) in [5.74, 6) is 0.977. The van der Waals surface area contributed by atoms with Crippen LogP contribution in [0, 0.1) is 5.92 Å². The molecule has 1 N–H and O–H groups in total. The van der Waals surface area contributed by atoms with Crippen molar-refractivity contribution >= 4 is 0 Å². The van der Waals surface area contributed by atoms with Crippen LogP contribution < -0.4 is 5.32 Å². The van der Waals surface area contributed by atoms with Crippen molar-refractivity contribution in [2.45, 2.75) is 64.8 Å². The molecule has 78 valence electrons. The molecule has 1 saturated carbocycles. The molecular formula is C12H25N. The highest BCUT2D eigenvalue weighted by atomic mass is 14.9. The Kier molecular flexibility index (Phi) is 5.45. The molecule has 1 fully saturated rings. The van der Waals surface area contributed by atoms with Crippen molar-refractivity contribution in [3.63, 3.8) is 0 Å². The van der Waals surface area contributed by atoms with Gasteiger partial charge in [0.25, 0.3) is 0 Å². The maximum Gasteiger partial charge on any atom is 0.00953 e. The first-order valence-corrected chi connectivity index (χ1v) is 6.11. The molecule has 1 rings (SSSR count). The predicted octanol–water partition coefficient (Wildman–Crippen LogP) is 3.34. The molecule has 1 aliphatic rings. The Labute approximate surface area is 83.3 Å². The summed E-state index contributed by atoms with van der Waals surface area (Å²) < 4.78 is 0. The Morgan fingerprint density at radius 2 is 1.85 bits per heavy atom. The van der Waals surface area contributed by atoms with E-state index in [1.807, 2.05) is 0 Å². The van der Waals surface area contributed by atoms with Gasteiger partial charge in [-0.25, -0.2) is 0 Å². The van der Waals surface area contributed by atoms with Gasteiger partial charge in [-0.1, -0.05) is 33.1 Å². The molecule has 0 aromatic heterocycles. The van der Waals surface area contributed by atoms with Crippen LogP contribution in [0.25, 0.3) is 0 Å². The summed E-state index contributed by atoms with van der Waals surface area (Å²) in [6.45, 7) is 5.78. The lowest BCUT2D eigenvalue weighted by Gasteiger charge is -2.32. The van der Waals surface area contributed by atoms with Gasteiger partial charge in [-0.15, -0.1) is 0 Å². The Hall–Kier alpha value is -0.0400. The number of nitrogens with one attached hydrogen (secondary N) is 1. The molecule has 0 heterocycles. The molecule has 2 atom stereocenters. The second-order valence-corrected chi connectivity index (χ2v) is 4.39. The van der Waals surface area contributed by atoms with Crippen LogP contribution in [0.2, 0.25) is 0 Å². The van der Waals surface area contributed by atoms with Gasteiger partial charge in [-0.3, -0.25) is 0 Å². The monoisotopic (exact) mass is 183 g/mol. The second kappa shape index (κ2) is 6.42. The molecule has 0 bridgehead atoms. The summed E-state index contributed by atoms with van der Waals surface area (Å²) in [4.78, 5) is 0. The third-order valence-electron chi connectivity index (χ3n) is 3.23. The van der Waals surface area contributed by atoms with Crippen LogP contribution in [-0.4, -0.2) is 12.6 Å². The Morgan fingerprint density at radius 1 is 1.08 bits per heavy atom. The average Bonchev–Trinajstić information content (AvgIpc) is 2.17. The van der Waals surface area contributed by atoms with E-state index in [1.165, 1.54) is 51.5 Å². The van der Waals surface area contributed by atoms with Crippen molar-refractivity contribution in [2.75, 3.05) is 6.54 Å². The summed E-state index contributed by atoms with van der Waals surface area (Å²) in [5.41, 5.74) is 0. The summed E-state index contributed by atoms with van der Waals surface area (Å²) in [6.07, 6.45) is 9.86. The third kappa shape index (κ3) is 3.68. The molecule has 13 heavy (non-hydrogen) atoms. The maximum atomic E-state index is 3.71. The van der Waals surface area contributed by atoms with Gasteiger partial charge >= 0.3 is 0 Å². The van der Waals surface area contributed by atoms with Gasteiger partial charge in [0.05, 0.1) is 0 Å². The minimum Gasteiger partial charge on any atom is -0.314 e. The van der Waals surface area contributed by atoms with E-state index in [0.717, 1.165) is 12.0 Å². The maximum absolute atomic E-state index is 3.71. The van der Waals surface area contributed by atoms with Gasteiger partial charge in [0.15, 0.2) is 0 Å². The molecule has 0 aliphatic heterocycles. The molecule has 0 saturated heterocycles. The van der Waals surface area contributed by atoms with Crippen molar-refractivity contribution < 1.29 is 0 Å². The normalized spacial score (nSPS) is 29.1. The first-order valence-electron chi connectivity index (χ1n) is 6.11. The summed E-state index contributed by atoms with van der Waals surface area (Å²) in [6, 6.07) is 0.841. The topological polar surface area (TPSA) is 12.0 Å². The molecule has 1 heteroatoms. The molecule has 0 amide bonds. The van der Waals surface area contributed by atoms with Crippen molar-refractivity contribution in [3.05, 3.63) is 0 Å². The molecule has 0 radical (unpaired) electrons. The van der Waals surface area contributed by atoms with Crippen molar-refractivity contribution in [1.29, 1.82) is 0 Å². The van der Waals surface area contributed by atoms with Crippen LogP contribution >= 0.6 is 0 Å². The van der Waals surface area contributed by atoms with E-state index in [2.05, 4.69) is 19.2 Å². The number of hydrogen-bond donors (Lipinski definition) is 1. The lowest BCUT2D eigenvalue weighted by Crippen LogP contribution is -2.38. The number of hydrogen-bond acceptors (Lipinski definition) is 1. The standard InChI is InChI=1S/C12H25N/c1-3-7-11-8-5-6-9-12(11)13-10-4-2/h11-13H,3-10H2,1-2H3. The summed E-state index contributed by atoms with van der Waals surface area (Å²) in [5, 5.41) is 3.71. The predicted molar refractivity (Wildman–Crippen MR) is 58.9 cm³/mol. The van der Waals surface area contributed by atoms with Gasteiger partial charge in [-0.2, -0.15) is 0 Å². The van der Waals surface area contributed by atoms with Crippen LogP contribution in [0.1, 0.15) is 58.8 Å². The Balaban J connectivity index is 2.28. The quantitative estimate of drug-likeness (QED) is 0.689. The highest BCUT2D eigenvalue weighted by molar-refractivity contribution is 4.80. The van der Waals surface area contributed by atoms with E-state index in [-0.39, 0.29) is 0 Å². The van der Waals surface area contributed by atoms with Crippen LogP contribution in [0.3, 0.4) is 0 Å². The zero-order valence-corrected chi connectivity index (χ0v) is 9.31. The third-order valence-corrected chi connectivity index (χ3v) is 3.23. The Morgan fingerprint density at radius 3 is 2.54 bits per heavy atom. The zero-order valence-electron chi connectivity index (χ0n) is 9.31. The van der Waals surface area contributed by atoms with Gasteiger partial charge < -0.3 is 5.32 Å². The van der Waals surface area contributed by atoms with Crippen molar-refractivity contribution in [2.24, 2.45) is 5.92 Å². The fourth-order valence-corrected chi connectivity index (χ4v) is 2.52. The largest absolute Gasteiger partial charge is 0.314 e. The lowest BCUT2D eigenvalue weighted by molar-refractivity contribution is 0.248. The number of rotatable bonds is 5. The highest BCUT2D eigenvalue weighted by Crippen LogP contribution is 2.27. The van der Waals surface area contributed by atoms with Gasteiger partial charge in [0, 0.05) is 6.04 Å². The van der Waals surface area contributed by atoms with Crippen LogP contribution in [0.5, 0.6) is 0 Å². The smallest absolute Gasteiger partial charge is 0.00953 e. The minimum atomic E-state index is 0.841. The van der Waals surface area contributed by atoms with E-state index in [0.29, 0.717) is 0 Å². The molecule has 0 aromatic rings. The first kappa shape index (κ1) is 11.0. The Bertz CT molecular complexity index is 120. The van der Waals surface area contributed by atoms with Crippen LogP contribution in [0.4, 0.5) is 0 Å². The summed E-state index contributed by atoms with van der Waals surface area (Å²) in [7, 11) is 0. The van der Waals surface area contributed by atoms with Gasteiger partial charge in [-0.05, 0) is 38.1 Å². The molecule has 2 unspecified atom stereocenters. The van der Waals surface area contributed by atoms with E-state index in [9.17, 15) is 0 Å².